The van der Waals surface area contributed by atoms with Crippen LogP contribution in [0.4, 0.5) is 5.82 Å². The van der Waals surface area contributed by atoms with Gasteiger partial charge in [0.15, 0.2) is 6.61 Å². The minimum Gasteiger partial charge on any atom is -0.455 e. The lowest BCUT2D eigenvalue weighted by atomic mass is 9.97. The van der Waals surface area contributed by atoms with Crippen molar-refractivity contribution in [2.24, 2.45) is 5.92 Å². The van der Waals surface area contributed by atoms with Gasteiger partial charge in [-0.1, -0.05) is 0 Å². The van der Waals surface area contributed by atoms with Crippen LogP contribution < -0.4 is 4.90 Å². The Kier molecular flexibility index (Phi) is 6.64. The van der Waals surface area contributed by atoms with Crippen LogP contribution in [0.1, 0.15) is 29.7 Å². The van der Waals surface area contributed by atoms with Gasteiger partial charge >= 0.3 is 5.97 Å². The summed E-state index contributed by atoms with van der Waals surface area (Å²) in [5.74, 6) is 0.0869. The van der Waals surface area contributed by atoms with Crippen molar-refractivity contribution in [3.63, 3.8) is 0 Å². The van der Waals surface area contributed by atoms with Gasteiger partial charge in [-0.2, -0.15) is 5.26 Å². The minimum atomic E-state index is -0.331. The van der Waals surface area contributed by atoms with E-state index in [9.17, 15) is 9.59 Å². The van der Waals surface area contributed by atoms with Crippen molar-refractivity contribution in [3.8, 4) is 6.07 Å². The summed E-state index contributed by atoms with van der Waals surface area (Å²) in [4.78, 5) is 39.1. The van der Waals surface area contributed by atoms with Crippen LogP contribution in [0.15, 0.2) is 6.33 Å². The summed E-state index contributed by atoms with van der Waals surface area (Å²) in [6.45, 7) is 5.65. The Labute approximate surface area is 174 Å². The molecular weight excluding hydrogens is 390 g/mol. The van der Waals surface area contributed by atoms with E-state index in [2.05, 4.69) is 28.7 Å². The molecule has 2 aromatic heterocycles. The number of esters is 1. The molecule has 0 spiro atoms. The molecule has 0 saturated carbocycles. The van der Waals surface area contributed by atoms with Gasteiger partial charge in [-0.05, 0) is 32.3 Å². The fourth-order valence-electron chi connectivity index (χ4n) is 3.43. The number of fused-ring (bicyclic) bond motifs is 1. The third-order valence-corrected chi connectivity index (χ3v) is 6.51. The molecule has 1 aliphatic heterocycles. The molecule has 1 fully saturated rings. The molecule has 0 aromatic carbocycles. The third-order valence-electron chi connectivity index (χ3n) is 5.40. The van der Waals surface area contributed by atoms with E-state index in [1.807, 2.05) is 6.07 Å². The van der Waals surface area contributed by atoms with Crippen LogP contribution in [0.5, 0.6) is 0 Å². The molecule has 0 N–H and O–H groups in total. The number of ether oxygens (including phenoxy) is 1. The van der Waals surface area contributed by atoms with E-state index in [0.717, 1.165) is 16.0 Å². The number of carbonyl (C=O) groups excluding carboxylic acids is 2. The normalized spacial score (nSPS) is 14.6. The van der Waals surface area contributed by atoms with Crippen LogP contribution >= 0.6 is 11.3 Å². The van der Waals surface area contributed by atoms with E-state index in [1.165, 1.54) is 15.3 Å². The van der Waals surface area contributed by atoms with Gasteiger partial charge in [0, 0.05) is 31.6 Å². The van der Waals surface area contributed by atoms with Crippen molar-refractivity contribution in [1.82, 2.24) is 14.9 Å². The maximum Gasteiger partial charge on any atom is 0.309 e. The van der Waals surface area contributed by atoms with Crippen molar-refractivity contribution < 1.29 is 14.3 Å². The maximum absolute atomic E-state index is 12.4. The molecular formula is C20H25N5O3S. The summed E-state index contributed by atoms with van der Waals surface area (Å²) >= 11 is 1.67. The molecule has 1 amide bonds. The van der Waals surface area contributed by atoms with E-state index < -0.39 is 0 Å². The number of anilines is 1. The Morgan fingerprint density at radius 2 is 2.07 bits per heavy atom. The monoisotopic (exact) mass is 415 g/mol. The Balaban J connectivity index is 1.55. The van der Waals surface area contributed by atoms with E-state index >= 15 is 0 Å². The predicted molar refractivity (Wildman–Crippen MR) is 111 cm³/mol. The number of piperidine rings is 1. The molecule has 2 aromatic rings. The second-order valence-electron chi connectivity index (χ2n) is 7.25. The minimum absolute atomic E-state index is 0.217. The van der Waals surface area contributed by atoms with Crippen LogP contribution in [0.3, 0.4) is 0 Å². The molecule has 1 saturated heterocycles. The summed E-state index contributed by atoms with van der Waals surface area (Å²) in [5.41, 5.74) is 1.21. The molecule has 3 heterocycles. The molecule has 0 radical (unpaired) electrons. The number of nitriles is 1. The topological polar surface area (TPSA) is 99.4 Å². The number of likely N-dealkylation sites (N-methyl/N-ethyl adjacent to an activating group) is 1. The van der Waals surface area contributed by atoms with Crippen molar-refractivity contribution in [1.29, 1.82) is 5.26 Å². The number of aromatic nitrogens is 2. The number of hydrogen-bond acceptors (Lipinski definition) is 8. The first kappa shape index (κ1) is 21.0. The molecule has 0 unspecified atom stereocenters. The van der Waals surface area contributed by atoms with Gasteiger partial charge < -0.3 is 14.5 Å². The number of thiophene rings is 1. The van der Waals surface area contributed by atoms with Gasteiger partial charge in [-0.15, -0.1) is 11.3 Å². The summed E-state index contributed by atoms with van der Waals surface area (Å²) < 4.78 is 5.22. The first-order chi connectivity index (χ1) is 13.9. The number of nitrogens with zero attached hydrogens (tertiary/aromatic N) is 5. The Morgan fingerprint density at radius 1 is 1.34 bits per heavy atom. The Morgan fingerprint density at radius 3 is 2.76 bits per heavy atom. The second-order valence-corrected chi connectivity index (χ2v) is 8.46. The maximum atomic E-state index is 12.4. The predicted octanol–water partition coefficient (Wildman–Crippen LogP) is 2.44. The highest BCUT2D eigenvalue weighted by molar-refractivity contribution is 7.18. The average molecular weight is 416 g/mol. The molecule has 8 nitrogen and oxygen atoms in total. The van der Waals surface area contributed by atoms with Crippen LogP contribution in [0.25, 0.3) is 10.2 Å². The van der Waals surface area contributed by atoms with Crippen LogP contribution in [-0.2, 0) is 14.3 Å². The van der Waals surface area contributed by atoms with Crippen LogP contribution in [0, 0.1) is 31.1 Å². The van der Waals surface area contributed by atoms with Crippen LogP contribution in [0.2, 0.25) is 0 Å². The SMILES string of the molecule is Cc1sc2ncnc(N3CCC(C(=O)OCC(=O)N(C)CCC#N)CC3)c2c1C. The van der Waals surface area contributed by atoms with Crippen molar-refractivity contribution in [2.75, 3.05) is 38.2 Å². The first-order valence-corrected chi connectivity index (χ1v) is 10.5. The highest BCUT2D eigenvalue weighted by Gasteiger charge is 2.29. The summed E-state index contributed by atoms with van der Waals surface area (Å²) in [5, 5.41) is 9.68. The lowest BCUT2D eigenvalue weighted by molar-refractivity contribution is -0.155. The summed E-state index contributed by atoms with van der Waals surface area (Å²) in [6, 6.07) is 1.99. The highest BCUT2D eigenvalue weighted by Crippen LogP contribution is 2.35. The zero-order chi connectivity index (χ0) is 21.0. The number of aryl methyl sites for hydroxylation is 2. The van der Waals surface area contributed by atoms with Crippen molar-refractivity contribution in [3.05, 3.63) is 16.8 Å². The van der Waals surface area contributed by atoms with Gasteiger partial charge in [-0.3, -0.25) is 9.59 Å². The smallest absolute Gasteiger partial charge is 0.309 e. The fraction of sp³-hybridized carbons (Fsp3) is 0.550. The largest absolute Gasteiger partial charge is 0.455 e. The first-order valence-electron chi connectivity index (χ1n) is 9.65. The zero-order valence-electron chi connectivity index (χ0n) is 17.0. The molecule has 0 atom stereocenters. The second kappa shape index (κ2) is 9.18. The number of hydrogen-bond donors (Lipinski definition) is 0. The van der Waals surface area contributed by atoms with Gasteiger partial charge in [-0.25, -0.2) is 9.97 Å². The van der Waals surface area contributed by atoms with E-state index in [1.54, 1.807) is 24.7 Å². The number of amides is 1. The molecule has 154 valence electrons. The van der Waals surface area contributed by atoms with Gasteiger partial charge in [0.25, 0.3) is 5.91 Å². The van der Waals surface area contributed by atoms with Crippen molar-refractivity contribution >= 4 is 39.2 Å². The van der Waals surface area contributed by atoms with E-state index in [-0.39, 0.29) is 30.8 Å². The molecule has 0 aliphatic carbocycles. The number of carbonyl (C=O) groups is 2. The van der Waals surface area contributed by atoms with Gasteiger partial charge in [0.05, 0.1) is 23.8 Å². The number of rotatable bonds is 6. The summed E-state index contributed by atoms with van der Waals surface area (Å²) in [7, 11) is 1.60. The molecule has 0 bridgehead atoms. The molecule has 29 heavy (non-hydrogen) atoms. The van der Waals surface area contributed by atoms with Gasteiger partial charge in [0.2, 0.25) is 0 Å². The van der Waals surface area contributed by atoms with Crippen LogP contribution in [-0.4, -0.2) is 60.0 Å². The summed E-state index contributed by atoms with van der Waals surface area (Å²) in [6.07, 6.45) is 3.17. The Bertz CT molecular complexity index is 943. The van der Waals surface area contributed by atoms with Crippen molar-refractivity contribution in [2.45, 2.75) is 33.1 Å². The average Bonchev–Trinajstić information content (AvgIpc) is 3.03. The quantitative estimate of drug-likeness (QED) is 0.668. The fourth-order valence-corrected chi connectivity index (χ4v) is 4.43. The Hall–Kier alpha value is -2.73. The standard InChI is InChI=1S/C20H25N5O3S/c1-13-14(2)29-19-17(13)18(22-12-23-19)25-9-5-15(6-10-25)20(27)28-11-16(26)24(3)8-4-7-21/h12,15H,4-6,8-11H2,1-3H3. The van der Waals surface area contributed by atoms with E-state index in [4.69, 9.17) is 10.00 Å². The van der Waals surface area contributed by atoms with E-state index in [0.29, 0.717) is 32.5 Å². The highest BCUT2D eigenvalue weighted by atomic mass is 32.1. The molecule has 3 rings (SSSR count). The van der Waals surface area contributed by atoms with Gasteiger partial charge in [0.1, 0.15) is 17.0 Å². The lowest BCUT2D eigenvalue weighted by Gasteiger charge is -2.32. The molecule has 1 aliphatic rings. The third kappa shape index (κ3) is 4.65. The molecule has 9 heteroatoms. The lowest BCUT2D eigenvalue weighted by Crippen LogP contribution is -2.38. The zero-order valence-corrected chi connectivity index (χ0v) is 17.8.